The molecule has 0 saturated carbocycles. The van der Waals surface area contributed by atoms with Gasteiger partial charge in [-0.05, 0) is 68.4 Å². The molecule has 50 heavy (non-hydrogen) atoms. The molecule has 0 bridgehead atoms. The highest BCUT2D eigenvalue weighted by atomic mass is 16.3. The number of para-hydroxylation sites is 1. The minimum Gasteiger partial charge on any atom is -0.456 e. The van der Waals surface area contributed by atoms with Crippen LogP contribution < -0.4 is 0 Å². The Balaban J connectivity index is 1.15. The zero-order valence-electron chi connectivity index (χ0n) is 27.7. The predicted octanol–water partition coefficient (Wildman–Crippen LogP) is 11.9. The molecule has 0 radical (unpaired) electrons. The van der Waals surface area contributed by atoms with Crippen molar-refractivity contribution < 1.29 is 4.42 Å². The van der Waals surface area contributed by atoms with Gasteiger partial charge in [-0.2, -0.15) is 0 Å². The summed E-state index contributed by atoms with van der Waals surface area (Å²) in [5.41, 5.74) is 11.8. The van der Waals surface area contributed by atoms with Gasteiger partial charge in [0.25, 0.3) is 0 Å². The Labute approximate surface area is 289 Å². The third-order valence-electron chi connectivity index (χ3n) is 10.3. The topological polar surface area (TPSA) is 51.8 Å². The van der Waals surface area contributed by atoms with E-state index in [0.717, 1.165) is 44.2 Å². The molecule has 0 aliphatic heterocycles. The quantitative estimate of drug-likeness (QED) is 0.192. The lowest BCUT2D eigenvalue weighted by molar-refractivity contribution is 0.660. The summed E-state index contributed by atoms with van der Waals surface area (Å²) in [6, 6.07) is 53.2. The van der Waals surface area contributed by atoms with Crippen molar-refractivity contribution in [3.63, 3.8) is 0 Å². The number of nitrogens with zero attached hydrogens (tertiary/aromatic N) is 3. The van der Waals surface area contributed by atoms with Crippen molar-refractivity contribution in [3.05, 3.63) is 163 Å². The maximum absolute atomic E-state index is 6.26. The average Bonchev–Trinajstić information content (AvgIpc) is 3.66. The van der Waals surface area contributed by atoms with E-state index in [9.17, 15) is 0 Å². The van der Waals surface area contributed by atoms with E-state index in [1.807, 2.05) is 30.3 Å². The number of aromatic nitrogens is 3. The molecule has 2 aromatic heterocycles. The zero-order chi connectivity index (χ0) is 33.4. The van der Waals surface area contributed by atoms with Crippen LogP contribution in [0.25, 0.3) is 89.1 Å². The second-order valence-corrected chi connectivity index (χ2v) is 13.7. The van der Waals surface area contributed by atoms with Gasteiger partial charge in [0.15, 0.2) is 17.5 Å². The number of hydrogen-bond donors (Lipinski definition) is 0. The fraction of sp³-hybridized carbons (Fsp3) is 0.0652. The van der Waals surface area contributed by atoms with Gasteiger partial charge >= 0.3 is 0 Å². The Morgan fingerprint density at radius 2 is 1.04 bits per heavy atom. The molecule has 0 fully saturated rings. The Morgan fingerprint density at radius 3 is 1.92 bits per heavy atom. The lowest BCUT2D eigenvalue weighted by Crippen LogP contribution is -2.14. The Kier molecular flexibility index (Phi) is 6.19. The molecule has 0 amide bonds. The van der Waals surface area contributed by atoms with Gasteiger partial charge in [0.1, 0.15) is 11.2 Å². The summed E-state index contributed by atoms with van der Waals surface area (Å²) in [6.45, 7) is 4.60. The first kappa shape index (κ1) is 28.6. The second-order valence-electron chi connectivity index (χ2n) is 13.7. The molecule has 2 heterocycles. The van der Waals surface area contributed by atoms with E-state index in [4.69, 9.17) is 19.4 Å². The van der Waals surface area contributed by atoms with Crippen molar-refractivity contribution in [2.45, 2.75) is 19.3 Å². The van der Waals surface area contributed by atoms with Crippen molar-refractivity contribution in [1.82, 2.24) is 15.0 Å². The molecule has 0 spiro atoms. The van der Waals surface area contributed by atoms with Gasteiger partial charge < -0.3 is 4.42 Å². The molecule has 7 aromatic carbocycles. The molecule has 9 aromatic rings. The first-order valence-corrected chi connectivity index (χ1v) is 17.0. The molecule has 4 nitrogen and oxygen atoms in total. The van der Waals surface area contributed by atoms with E-state index in [1.165, 1.54) is 38.6 Å². The molecule has 236 valence electrons. The van der Waals surface area contributed by atoms with E-state index in [1.54, 1.807) is 0 Å². The van der Waals surface area contributed by atoms with Crippen molar-refractivity contribution >= 4 is 32.7 Å². The maximum atomic E-state index is 6.26. The van der Waals surface area contributed by atoms with E-state index >= 15 is 0 Å². The second kappa shape index (κ2) is 10.8. The summed E-state index contributed by atoms with van der Waals surface area (Å²) < 4.78 is 6.26. The summed E-state index contributed by atoms with van der Waals surface area (Å²) >= 11 is 0. The third kappa shape index (κ3) is 4.42. The molecule has 0 N–H and O–H groups in total. The molecule has 10 rings (SSSR count). The fourth-order valence-corrected chi connectivity index (χ4v) is 7.76. The van der Waals surface area contributed by atoms with E-state index in [2.05, 4.69) is 135 Å². The SMILES string of the molecule is CC1(C)c2ccccc2-c2cc(-c3nc(-c4ccc(-c5ccc6ccccc6c5)cc4)nc(-c4cccc5oc6ccccc6c45)n3)ccc21. The Morgan fingerprint density at radius 1 is 0.420 bits per heavy atom. The largest absolute Gasteiger partial charge is 0.456 e. The van der Waals surface area contributed by atoms with Gasteiger partial charge in [0, 0.05) is 32.9 Å². The molecule has 1 aliphatic rings. The Hall–Kier alpha value is -6.39. The van der Waals surface area contributed by atoms with Gasteiger partial charge in [-0.25, -0.2) is 15.0 Å². The standard InChI is InChI=1S/C46H31N3O/c1-46(2)38-15-7-5-12-34(38)37-27-33(24-25-39(37)46)44-47-43(30-21-18-29(19-22-30)32-23-20-28-10-3-4-11-31(28)26-32)48-45(49-44)36-14-9-17-41-42(36)35-13-6-8-16-40(35)50-41/h3-27H,1-2H3. The molecular weight excluding hydrogens is 611 g/mol. The minimum absolute atomic E-state index is 0.0787. The van der Waals surface area contributed by atoms with Crippen LogP contribution in [0.1, 0.15) is 25.0 Å². The summed E-state index contributed by atoms with van der Waals surface area (Å²) in [5.74, 6) is 1.88. The molecule has 4 heteroatoms. The number of hydrogen-bond acceptors (Lipinski definition) is 4. The van der Waals surface area contributed by atoms with Crippen LogP contribution >= 0.6 is 0 Å². The lowest BCUT2D eigenvalue weighted by atomic mass is 9.82. The van der Waals surface area contributed by atoms with Gasteiger partial charge in [0.05, 0.1) is 0 Å². The third-order valence-corrected chi connectivity index (χ3v) is 10.3. The summed E-state index contributed by atoms with van der Waals surface area (Å²) in [6.07, 6.45) is 0. The van der Waals surface area contributed by atoms with Crippen molar-refractivity contribution in [2.24, 2.45) is 0 Å². The first-order valence-electron chi connectivity index (χ1n) is 17.0. The molecule has 0 unspecified atom stereocenters. The van der Waals surface area contributed by atoms with Crippen LogP contribution in [0.15, 0.2) is 156 Å². The van der Waals surface area contributed by atoms with Gasteiger partial charge in [-0.3, -0.25) is 0 Å². The number of benzene rings is 7. The first-order chi connectivity index (χ1) is 24.5. The van der Waals surface area contributed by atoms with Crippen LogP contribution in [-0.4, -0.2) is 15.0 Å². The number of furan rings is 1. The normalized spacial score (nSPS) is 13.2. The average molecular weight is 642 g/mol. The molecule has 1 aliphatic carbocycles. The monoisotopic (exact) mass is 641 g/mol. The van der Waals surface area contributed by atoms with Crippen LogP contribution in [0.2, 0.25) is 0 Å². The summed E-state index contributed by atoms with van der Waals surface area (Å²) in [5, 5.41) is 4.50. The van der Waals surface area contributed by atoms with Crippen LogP contribution in [0.4, 0.5) is 0 Å². The number of fused-ring (bicyclic) bond motifs is 7. The van der Waals surface area contributed by atoms with Crippen LogP contribution in [0, 0.1) is 0 Å². The lowest BCUT2D eigenvalue weighted by Gasteiger charge is -2.21. The van der Waals surface area contributed by atoms with Crippen LogP contribution in [-0.2, 0) is 5.41 Å². The highest BCUT2D eigenvalue weighted by molar-refractivity contribution is 6.11. The predicted molar refractivity (Wildman–Crippen MR) is 204 cm³/mol. The van der Waals surface area contributed by atoms with Crippen molar-refractivity contribution in [2.75, 3.05) is 0 Å². The summed E-state index contributed by atoms with van der Waals surface area (Å²) in [7, 11) is 0. The highest BCUT2D eigenvalue weighted by Gasteiger charge is 2.35. The van der Waals surface area contributed by atoms with Gasteiger partial charge in [-0.1, -0.05) is 141 Å². The van der Waals surface area contributed by atoms with Crippen molar-refractivity contribution in [3.8, 4) is 56.4 Å². The zero-order valence-corrected chi connectivity index (χ0v) is 27.7. The smallest absolute Gasteiger partial charge is 0.164 e. The highest BCUT2D eigenvalue weighted by Crippen LogP contribution is 2.49. The van der Waals surface area contributed by atoms with Crippen molar-refractivity contribution in [1.29, 1.82) is 0 Å². The molecule has 0 atom stereocenters. The van der Waals surface area contributed by atoms with Crippen LogP contribution in [0.5, 0.6) is 0 Å². The van der Waals surface area contributed by atoms with Gasteiger partial charge in [0.2, 0.25) is 0 Å². The van der Waals surface area contributed by atoms with E-state index in [0.29, 0.717) is 17.5 Å². The summed E-state index contributed by atoms with van der Waals surface area (Å²) in [4.78, 5) is 15.5. The molecular formula is C46H31N3O. The molecule has 0 saturated heterocycles. The van der Waals surface area contributed by atoms with E-state index < -0.39 is 0 Å². The van der Waals surface area contributed by atoms with Crippen LogP contribution in [0.3, 0.4) is 0 Å². The van der Waals surface area contributed by atoms with Gasteiger partial charge in [-0.15, -0.1) is 0 Å². The Bertz CT molecular complexity index is 2790. The minimum atomic E-state index is -0.0787. The number of rotatable bonds is 4. The van der Waals surface area contributed by atoms with E-state index in [-0.39, 0.29) is 5.41 Å². The fourth-order valence-electron chi connectivity index (χ4n) is 7.76. The maximum Gasteiger partial charge on any atom is 0.164 e.